The maximum absolute atomic E-state index is 12.1. The van der Waals surface area contributed by atoms with Crippen molar-refractivity contribution in [1.82, 2.24) is 10.2 Å². The fourth-order valence-electron chi connectivity index (χ4n) is 1.78. The van der Waals surface area contributed by atoms with Crippen molar-refractivity contribution < 1.29 is 9.00 Å². The summed E-state index contributed by atoms with van der Waals surface area (Å²) < 4.78 is 12.0. The molecule has 1 N–H and O–H groups in total. The molecule has 5 heteroatoms. The molecule has 1 aliphatic rings. The minimum Gasteiger partial charge on any atom is -0.339 e. The molecule has 2 unspecified atom stereocenters. The van der Waals surface area contributed by atoms with Crippen molar-refractivity contribution in [1.29, 1.82) is 0 Å². The van der Waals surface area contributed by atoms with Crippen LogP contribution in [-0.4, -0.2) is 52.2 Å². The highest BCUT2D eigenvalue weighted by atomic mass is 32.2. The quantitative estimate of drug-likeness (QED) is 0.787. The van der Waals surface area contributed by atoms with E-state index in [2.05, 4.69) is 19.2 Å². The normalized spacial score (nSPS) is 20.4. The first-order valence-corrected chi connectivity index (χ1v) is 7.77. The van der Waals surface area contributed by atoms with Crippen molar-refractivity contribution in [3.05, 3.63) is 0 Å². The second-order valence-electron chi connectivity index (χ2n) is 4.98. The van der Waals surface area contributed by atoms with E-state index >= 15 is 0 Å². The van der Waals surface area contributed by atoms with Crippen molar-refractivity contribution >= 4 is 16.7 Å². The van der Waals surface area contributed by atoms with Gasteiger partial charge in [-0.2, -0.15) is 0 Å². The zero-order valence-electron chi connectivity index (χ0n) is 11.1. The van der Waals surface area contributed by atoms with Gasteiger partial charge in [0.2, 0.25) is 5.91 Å². The van der Waals surface area contributed by atoms with Crippen LogP contribution in [0.4, 0.5) is 0 Å². The topological polar surface area (TPSA) is 49.4 Å². The van der Waals surface area contributed by atoms with Crippen LogP contribution in [0.3, 0.4) is 0 Å². The van der Waals surface area contributed by atoms with Gasteiger partial charge in [-0.25, -0.2) is 0 Å². The Morgan fingerprint density at radius 3 is 2.41 bits per heavy atom. The predicted octanol–water partition coefficient (Wildman–Crippen LogP) is 0.602. The summed E-state index contributed by atoms with van der Waals surface area (Å²) in [6.45, 7) is 9.18. The van der Waals surface area contributed by atoms with Gasteiger partial charge in [0, 0.05) is 42.7 Å². The van der Waals surface area contributed by atoms with Gasteiger partial charge in [0.15, 0.2) is 0 Å². The molecule has 0 radical (unpaired) electrons. The van der Waals surface area contributed by atoms with E-state index in [-0.39, 0.29) is 11.2 Å². The predicted molar refractivity (Wildman–Crippen MR) is 71.4 cm³/mol. The summed E-state index contributed by atoms with van der Waals surface area (Å²) in [5.41, 5.74) is 0. The smallest absolute Gasteiger partial charge is 0.238 e. The Kier molecular flexibility index (Phi) is 6.12. The number of carbonyl (C=O) groups is 1. The van der Waals surface area contributed by atoms with Crippen LogP contribution in [-0.2, 0) is 15.6 Å². The largest absolute Gasteiger partial charge is 0.339 e. The summed E-state index contributed by atoms with van der Waals surface area (Å²) in [5.74, 6) is 1.23. The number of carbonyl (C=O) groups excluding carboxylic acids is 1. The molecule has 1 rings (SSSR count). The first-order chi connectivity index (χ1) is 8.02. The maximum atomic E-state index is 12.1. The molecule has 0 aromatic carbocycles. The number of hydrogen-bond donors (Lipinski definition) is 1. The van der Waals surface area contributed by atoms with Crippen LogP contribution >= 0.6 is 0 Å². The van der Waals surface area contributed by atoms with Gasteiger partial charge in [-0.3, -0.25) is 9.00 Å². The molecule has 0 aliphatic carbocycles. The standard InChI is InChI=1S/C12H24N2O2S/c1-10(2)4-9-17(16)11(3)12(15)14-7-5-13-6-8-14/h10-11,13H,4-9H2,1-3H3. The molecular formula is C12H24N2O2S. The molecule has 100 valence electrons. The third-order valence-corrected chi connectivity index (χ3v) is 4.70. The van der Waals surface area contributed by atoms with Crippen LogP contribution in [0.1, 0.15) is 27.2 Å². The second kappa shape index (κ2) is 7.11. The highest BCUT2D eigenvalue weighted by Gasteiger charge is 2.26. The number of amides is 1. The lowest BCUT2D eigenvalue weighted by Gasteiger charge is -2.29. The van der Waals surface area contributed by atoms with Crippen molar-refractivity contribution in [3.8, 4) is 0 Å². The number of nitrogens with one attached hydrogen (secondary N) is 1. The SMILES string of the molecule is CC(C)CCS(=O)C(C)C(=O)N1CCNCC1. The number of piperazine rings is 1. The molecule has 1 amide bonds. The maximum Gasteiger partial charge on any atom is 0.238 e. The lowest BCUT2D eigenvalue weighted by Crippen LogP contribution is -2.50. The lowest BCUT2D eigenvalue weighted by atomic mass is 10.2. The van der Waals surface area contributed by atoms with E-state index in [1.165, 1.54) is 0 Å². The zero-order chi connectivity index (χ0) is 12.8. The average molecular weight is 260 g/mol. The van der Waals surface area contributed by atoms with Crippen LogP contribution in [0.2, 0.25) is 0 Å². The molecule has 0 aromatic rings. The van der Waals surface area contributed by atoms with E-state index in [0.29, 0.717) is 11.7 Å². The first-order valence-electron chi connectivity index (χ1n) is 6.39. The Morgan fingerprint density at radius 1 is 1.29 bits per heavy atom. The lowest BCUT2D eigenvalue weighted by molar-refractivity contribution is -0.130. The van der Waals surface area contributed by atoms with E-state index in [9.17, 15) is 9.00 Å². The molecule has 4 nitrogen and oxygen atoms in total. The molecule has 0 saturated carbocycles. The number of rotatable bonds is 5. The van der Waals surface area contributed by atoms with Crippen LogP contribution in [0.25, 0.3) is 0 Å². The van der Waals surface area contributed by atoms with Crippen LogP contribution in [0.5, 0.6) is 0 Å². The van der Waals surface area contributed by atoms with Gasteiger partial charge >= 0.3 is 0 Å². The van der Waals surface area contributed by atoms with Gasteiger partial charge in [0.1, 0.15) is 5.25 Å². The summed E-state index contributed by atoms with van der Waals surface area (Å²) in [6.07, 6.45) is 0.922. The van der Waals surface area contributed by atoms with Crippen LogP contribution < -0.4 is 5.32 Å². The third kappa shape index (κ3) is 4.76. The van der Waals surface area contributed by atoms with Crippen molar-refractivity contribution in [2.75, 3.05) is 31.9 Å². The minimum absolute atomic E-state index is 0.0496. The van der Waals surface area contributed by atoms with Crippen molar-refractivity contribution in [2.24, 2.45) is 5.92 Å². The van der Waals surface area contributed by atoms with E-state index in [4.69, 9.17) is 0 Å². The van der Waals surface area contributed by atoms with Gasteiger partial charge in [-0.15, -0.1) is 0 Å². The van der Waals surface area contributed by atoms with Crippen molar-refractivity contribution in [3.63, 3.8) is 0 Å². The van der Waals surface area contributed by atoms with Gasteiger partial charge < -0.3 is 10.2 Å². The fourth-order valence-corrected chi connectivity index (χ4v) is 3.21. The molecule has 1 saturated heterocycles. The van der Waals surface area contributed by atoms with E-state index in [1.54, 1.807) is 6.92 Å². The molecule has 0 bridgehead atoms. The van der Waals surface area contributed by atoms with E-state index < -0.39 is 10.8 Å². The molecule has 0 spiro atoms. The number of hydrogen-bond acceptors (Lipinski definition) is 3. The summed E-state index contributed by atoms with van der Waals surface area (Å²) in [6, 6.07) is 0. The van der Waals surface area contributed by atoms with Gasteiger partial charge in [-0.1, -0.05) is 13.8 Å². The highest BCUT2D eigenvalue weighted by Crippen LogP contribution is 2.08. The highest BCUT2D eigenvalue weighted by molar-refractivity contribution is 7.86. The Bertz CT molecular complexity index is 276. The van der Waals surface area contributed by atoms with Gasteiger partial charge in [-0.05, 0) is 19.3 Å². The molecular weight excluding hydrogens is 236 g/mol. The Balaban J connectivity index is 2.41. The molecule has 1 fully saturated rings. The second-order valence-corrected chi connectivity index (χ2v) is 6.86. The minimum atomic E-state index is -1.03. The molecule has 1 heterocycles. The average Bonchev–Trinajstić information content (AvgIpc) is 2.35. The Hall–Kier alpha value is -0.420. The van der Waals surface area contributed by atoms with Crippen molar-refractivity contribution in [2.45, 2.75) is 32.4 Å². The monoisotopic (exact) mass is 260 g/mol. The van der Waals surface area contributed by atoms with Gasteiger partial charge in [0.05, 0.1) is 0 Å². The molecule has 0 aromatic heterocycles. The van der Waals surface area contributed by atoms with Crippen LogP contribution in [0.15, 0.2) is 0 Å². The zero-order valence-corrected chi connectivity index (χ0v) is 11.9. The molecule has 1 aliphatic heterocycles. The third-order valence-electron chi connectivity index (χ3n) is 3.07. The first kappa shape index (κ1) is 14.6. The summed E-state index contributed by atoms with van der Waals surface area (Å²) >= 11 is 0. The summed E-state index contributed by atoms with van der Waals surface area (Å²) in [5, 5.41) is 2.85. The van der Waals surface area contributed by atoms with Gasteiger partial charge in [0.25, 0.3) is 0 Å². The fraction of sp³-hybridized carbons (Fsp3) is 0.917. The Morgan fingerprint density at radius 2 is 1.88 bits per heavy atom. The van der Waals surface area contributed by atoms with Crippen LogP contribution in [0, 0.1) is 5.92 Å². The van der Waals surface area contributed by atoms with E-state index in [0.717, 1.165) is 32.6 Å². The molecule has 17 heavy (non-hydrogen) atoms. The molecule has 2 atom stereocenters. The summed E-state index contributed by atoms with van der Waals surface area (Å²) in [7, 11) is -1.03. The number of nitrogens with zero attached hydrogens (tertiary/aromatic N) is 1. The summed E-state index contributed by atoms with van der Waals surface area (Å²) in [4.78, 5) is 13.9. The Labute approximate surface area is 107 Å². The van der Waals surface area contributed by atoms with E-state index in [1.807, 2.05) is 4.90 Å².